The van der Waals surface area contributed by atoms with Gasteiger partial charge in [-0.15, -0.1) is 0 Å². The number of aryl methyl sites for hydroxylation is 1. The first-order chi connectivity index (χ1) is 12.4. The number of aromatic nitrogens is 2. The molecule has 0 spiro atoms. The van der Waals surface area contributed by atoms with E-state index >= 15 is 0 Å². The first kappa shape index (κ1) is 17.6. The largest absolute Gasteiger partial charge is 0.343 e. The van der Waals surface area contributed by atoms with E-state index in [0.717, 1.165) is 17.2 Å². The standard InChI is InChI=1S/C17H13ClN4O4/c1-10-3-2-4-11(7-10)16-20-15(26-21-16)9-19-17(23)13-6-5-12(18)8-14(13)22(24)25/h2-8H,9H2,1H3,(H,19,23). The third kappa shape index (κ3) is 3.86. The van der Waals surface area contributed by atoms with Gasteiger partial charge < -0.3 is 9.84 Å². The van der Waals surface area contributed by atoms with Crippen LogP contribution >= 0.6 is 11.6 Å². The maximum absolute atomic E-state index is 12.2. The highest BCUT2D eigenvalue weighted by Crippen LogP contribution is 2.23. The Kier molecular flexibility index (Phi) is 4.94. The molecule has 8 nitrogen and oxygen atoms in total. The fourth-order valence-corrected chi connectivity index (χ4v) is 2.49. The molecule has 0 fully saturated rings. The highest BCUT2D eigenvalue weighted by atomic mass is 35.5. The molecule has 0 atom stereocenters. The van der Waals surface area contributed by atoms with Crippen molar-refractivity contribution in [3.63, 3.8) is 0 Å². The lowest BCUT2D eigenvalue weighted by atomic mass is 10.1. The van der Waals surface area contributed by atoms with Crippen molar-refractivity contribution in [2.24, 2.45) is 0 Å². The third-order valence-electron chi connectivity index (χ3n) is 3.55. The number of nitrogens with zero attached hydrogens (tertiary/aromatic N) is 3. The predicted octanol–water partition coefficient (Wildman–Crippen LogP) is 3.54. The summed E-state index contributed by atoms with van der Waals surface area (Å²) in [6.45, 7) is 1.89. The summed E-state index contributed by atoms with van der Waals surface area (Å²) in [6.07, 6.45) is 0. The van der Waals surface area contributed by atoms with Crippen LogP contribution in [0.25, 0.3) is 11.4 Å². The van der Waals surface area contributed by atoms with Crippen LogP contribution in [-0.2, 0) is 6.54 Å². The van der Waals surface area contributed by atoms with Crippen LogP contribution in [-0.4, -0.2) is 21.0 Å². The molecule has 1 aromatic heterocycles. The van der Waals surface area contributed by atoms with Gasteiger partial charge in [0.25, 0.3) is 11.6 Å². The van der Waals surface area contributed by atoms with Crippen LogP contribution in [0.4, 0.5) is 5.69 Å². The summed E-state index contributed by atoms with van der Waals surface area (Å²) < 4.78 is 5.11. The lowest BCUT2D eigenvalue weighted by Crippen LogP contribution is -2.23. The predicted molar refractivity (Wildman–Crippen MR) is 93.7 cm³/mol. The van der Waals surface area contributed by atoms with Crippen molar-refractivity contribution in [2.45, 2.75) is 13.5 Å². The van der Waals surface area contributed by atoms with E-state index in [0.29, 0.717) is 5.82 Å². The Labute approximate surface area is 152 Å². The van der Waals surface area contributed by atoms with Crippen LogP contribution in [0.15, 0.2) is 47.0 Å². The number of hydrogen-bond acceptors (Lipinski definition) is 6. The molecule has 0 bridgehead atoms. The monoisotopic (exact) mass is 372 g/mol. The summed E-state index contributed by atoms with van der Waals surface area (Å²) in [7, 11) is 0. The molecule has 1 N–H and O–H groups in total. The number of nitro groups is 1. The van der Waals surface area contributed by atoms with Crippen molar-refractivity contribution in [2.75, 3.05) is 0 Å². The molecule has 26 heavy (non-hydrogen) atoms. The highest BCUT2D eigenvalue weighted by molar-refractivity contribution is 6.31. The van der Waals surface area contributed by atoms with E-state index in [2.05, 4.69) is 15.5 Å². The minimum Gasteiger partial charge on any atom is -0.343 e. The number of rotatable bonds is 5. The Bertz CT molecular complexity index is 986. The molecule has 1 heterocycles. The van der Waals surface area contributed by atoms with E-state index < -0.39 is 10.8 Å². The molecular formula is C17H13ClN4O4. The Balaban J connectivity index is 1.72. The number of benzene rings is 2. The number of hydrogen-bond donors (Lipinski definition) is 1. The molecule has 9 heteroatoms. The van der Waals surface area contributed by atoms with Gasteiger partial charge in [0.1, 0.15) is 5.56 Å². The maximum atomic E-state index is 12.2. The lowest BCUT2D eigenvalue weighted by molar-refractivity contribution is -0.385. The third-order valence-corrected chi connectivity index (χ3v) is 3.78. The second kappa shape index (κ2) is 7.32. The summed E-state index contributed by atoms with van der Waals surface area (Å²) in [5.74, 6) is -0.0504. The maximum Gasteiger partial charge on any atom is 0.283 e. The number of amides is 1. The molecule has 0 aliphatic heterocycles. The van der Waals surface area contributed by atoms with Crippen molar-refractivity contribution < 1.29 is 14.2 Å². The molecule has 0 radical (unpaired) electrons. The zero-order valence-electron chi connectivity index (χ0n) is 13.6. The molecule has 0 saturated carbocycles. The fourth-order valence-electron chi connectivity index (χ4n) is 2.33. The van der Waals surface area contributed by atoms with Gasteiger partial charge in [-0.05, 0) is 25.1 Å². The number of nitrogens with one attached hydrogen (secondary N) is 1. The van der Waals surface area contributed by atoms with Gasteiger partial charge in [-0.2, -0.15) is 4.98 Å². The number of nitro benzene ring substituents is 1. The van der Waals surface area contributed by atoms with E-state index in [1.165, 1.54) is 12.1 Å². The second-order valence-electron chi connectivity index (χ2n) is 5.48. The van der Waals surface area contributed by atoms with Crippen molar-refractivity contribution in [3.05, 3.63) is 74.6 Å². The van der Waals surface area contributed by atoms with Gasteiger partial charge in [0.15, 0.2) is 0 Å². The van der Waals surface area contributed by atoms with Gasteiger partial charge in [-0.3, -0.25) is 14.9 Å². The molecule has 1 amide bonds. The highest BCUT2D eigenvalue weighted by Gasteiger charge is 2.21. The molecular weight excluding hydrogens is 360 g/mol. The van der Waals surface area contributed by atoms with Crippen molar-refractivity contribution in [1.82, 2.24) is 15.5 Å². The first-order valence-electron chi connectivity index (χ1n) is 7.56. The number of carbonyl (C=O) groups excluding carboxylic acids is 1. The Morgan fingerprint density at radius 3 is 2.85 bits per heavy atom. The number of halogens is 1. The molecule has 3 rings (SSSR count). The average Bonchev–Trinajstić information content (AvgIpc) is 3.08. The van der Waals surface area contributed by atoms with Crippen LogP contribution in [0.3, 0.4) is 0 Å². The topological polar surface area (TPSA) is 111 Å². The molecule has 2 aromatic carbocycles. The summed E-state index contributed by atoms with van der Waals surface area (Å²) >= 11 is 5.74. The average molecular weight is 373 g/mol. The summed E-state index contributed by atoms with van der Waals surface area (Å²) in [5.41, 5.74) is 1.37. The Hall–Kier alpha value is -3.26. The van der Waals surface area contributed by atoms with Crippen molar-refractivity contribution in [1.29, 1.82) is 0 Å². The fraction of sp³-hybridized carbons (Fsp3) is 0.118. The van der Waals surface area contributed by atoms with Gasteiger partial charge in [0.05, 0.1) is 11.5 Å². The zero-order valence-corrected chi connectivity index (χ0v) is 14.4. The van der Waals surface area contributed by atoms with Gasteiger partial charge in [0.2, 0.25) is 11.7 Å². The number of carbonyl (C=O) groups is 1. The Morgan fingerprint density at radius 1 is 1.31 bits per heavy atom. The quantitative estimate of drug-likeness (QED) is 0.541. The van der Waals surface area contributed by atoms with E-state index in [9.17, 15) is 14.9 Å². The van der Waals surface area contributed by atoms with E-state index in [1.54, 1.807) is 0 Å². The first-order valence-corrected chi connectivity index (χ1v) is 7.93. The second-order valence-corrected chi connectivity index (χ2v) is 5.92. The van der Waals surface area contributed by atoms with Crippen LogP contribution in [0.2, 0.25) is 5.02 Å². The summed E-state index contributed by atoms with van der Waals surface area (Å²) in [5, 5.41) is 17.6. The molecule has 3 aromatic rings. The zero-order chi connectivity index (χ0) is 18.7. The Morgan fingerprint density at radius 2 is 2.12 bits per heavy atom. The normalized spacial score (nSPS) is 10.5. The summed E-state index contributed by atoms with van der Waals surface area (Å²) in [4.78, 5) is 26.8. The minimum atomic E-state index is -0.663. The van der Waals surface area contributed by atoms with Gasteiger partial charge in [-0.1, -0.05) is 40.5 Å². The van der Waals surface area contributed by atoms with E-state index in [-0.39, 0.29) is 28.7 Å². The smallest absolute Gasteiger partial charge is 0.283 e. The van der Waals surface area contributed by atoms with Crippen LogP contribution < -0.4 is 5.32 Å². The van der Waals surface area contributed by atoms with Crippen molar-refractivity contribution in [3.8, 4) is 11.4 Å². The van der Waals surface area contributed by atoms with E-state index in [1.807, 2.05) is 31.2 Å². The van der Waals surface area contributed by atoms with Crippen LogP contribution in [0.1, 0.15) is 21.8 Å². The summed E-state index contributed by atoms with van der Waals surface area (Å²) in [6, 6.07) is 11.4. The van der Waals surface area contributed by atoms with Crippen molar-refractivity contribution >= 4 is 23.2 Å². The molecule has 0 aliphatic carbocycles. The van der Waals surface area contributed by atoms with Gasteiger partial charge >= 0.3 is 0 Å². The van der Waals surface area contributed by atoms with Crippen LogP contribution in [0.5, 0.6) is 0 Å². The van der Waals surface area contributed by atoms with Gasteiger partial charge in [-0.25, -0.2) is 0 Å². The molecule has 0 aliphatic rings. The van der Waals surface area contributed by atoms with Crippen LogP contribution in [0, 0.1) is 17.0 Å². The SMILES string of the molecule is Cc1cccc(-c2noc(CNC(=O)c3ccc(Cl)cc3[N+](=O)[O-])n2)c1. The lowest BCUT2D eigenvalue weighted by Gasteiger charge is -2.03. The minimum absolute atomic E-state index is 0.0581. The molecule has 0 unspecified atom stereocenters. The van der Waals surface area contributed by atoms with E-state index in [4.69, 9.17) is 16.1 Å². The molecule has 132 valence electrons. The van der Waals surface area contributed by atoms with Gasteiger partial charge in [0, 0.05) is 16.7 Å². The molecule has 0 saturated heterocycles.